The fourth-order valence-corrected chi connectivity index (χ4v) is 11.4. The summed E-state index contributed by atoms with van der Waals surface area (Å²) in [5, 5.41) is 10.7. The predicted octanol–water partition coefficient (Wildman–Crippen LogP) is 6.79. The number of carbonyl (C=O) groups excluding carboxylic acids is 1. The summed E-state index contributed by atoms with van der Waals surface area (Å²) in [6, 6.07) is 0. The van der Waals surface area contributed by atoms with Crippen LogP contribution in [0, 0.1) is 69.5 Å². The summed E-state index contributed by atoms with van der Waals surface area (Å²) in [6.07, 6.45) is 16.4. The van der Waals surface area contributed by atoms with Gasteiger partial charge in [-0.1, -0.05) is 45.8 Å². The van der Waals surface area contributed by atoms with E-state index in [2.05, 4.69) is 47.1 Å². The minimum atomic E-state index is -0.390. The van der Waals surface area contributed by atoms with Gasteiger partial charge < -0.3 is 9.84 Å². The molecule has 35 heavy (non-hydrogen) atoms. The summed E-state index contributed by atoms with van der Waals surface area (Å²) in [5.41, 5.74) is 1.63. The van der Waals surface area contributed by atoms with Crippen LogP contribution in [-0.2, 0) is 9.53 Å². The van der Waals surface area contributed by atoms with Gasteiger partial charge in [0.25, 0.3) is 0 Å². The average molecular weight is 481 g/mol. The first-order valence-electron chi connectivity index (χ1n) is 14.4. The van der Waals surface area contributed by atoms with E-state index in [4.69, 9.17) is 11.2 Å². The normalized spacial score (nSPS) is 52.8. The van der Waals surface area contributed by atoms with Gasteiger partial charge in [-0.05, 0) is 123 Å². The average Bonchev–Trinajstić information content (AvgIpc) is 3.22. The molecular weight excluding hydrogens is 432 g/mol. The molecule has 0 amide bonds. The molecule has 5 rings (SSSR count). The highest BCUT2D eigenvalue weighted by atomic mass is 16.5. The van der Waals surface area contributed by atoms with E-state index in [1.165, 1.54) is 31.3 Å². The van der Waals surface area contributed by atoms with Crippen LogP contribution in [0.15, 0.2) is 12.2 Å². The molecule has 0 aromatic rings. The van der Waals surface area contributed by atoms with Crippen LogP contribution in [0.3, 0.4) is 0 Å². The van der Waals surface area contributed by atoms with Crippen molar-refractivity contribution in [3.8, 4) is 12.3 Å². The second kappa shape index (κ2) is 8.37. The Morgan fingerprint density at radius 2 is 1.74 bits per heavy atom. The van der Waals surface area contributed by atoms with Crippen molar-refractivity contribution in [2.75, 3.05) is 6.61 Å². The van der Waals surface area contributed by atoms with E-state index in [9.17, 15) is 9.90 Å². The zero-order valence-corrected chi connectivity index (χ0v) is 22.9. The second-order valence-corrected chi connectivity index (χ2v) is 14.1. The summed E-state index contributed by atoms with van der Waals surface area (Å²) >= 11 is 0. The molecule has 3 heteroatoms. The number of aliphatic hydroxyl groups is 1. The van der Waals surface area contributed by atoms with Crippen LogP contribution in [0.2, 0.25) is 0 Å². The van der Waals surface area contributed by atoms with Crippen LogP contribution in [0.5, 0.6) is 0 Å². The van der Waals surface area contributed by atoms with E-state index in [-0.39, 0.29) is 29.5 Å². The number of hydrogen-bond donors (Lipinski definition) is 1. The molecule has 11 atom stereocenters. The summed E-state index contributed by atoms with van der Waals surface area (Å²) in [4.78, 5) is 13.6. The molecule has 0 bridgehead atoms. The first-order valence-corrected chi connectivity index (χ1v) is 14.4. The van der Waals surface area contributed by atoms with Gasteiger partial charge in [-0.2, -0.15) is 0 Å². The van der Waals surface area contributed by atoms with Gasteiger partial charge in [-0.3, -0.25) is 4.79 Å². The zero-order valence-electron chi connectivity index (χ0n) is 22.9. The molecule has 0 heterocycles. The Labute approximate surface area is 213 Å². The number of ether oxygens (including phenoxy) is 1. The lowest BCUT2D eigenvalue weighted by Gasteiger charge is -2.71. The molecule has 0 saturated heterocycles. The molecular formula is C32H48O3. The molecule has 0 radical (unpaired) electrons. The summed E-state index contributed by atoms with van der Waals surface area (Å²) in [7, 11) is 0. The third-order valence-corrected chi connectivity index (χ3v) is 13.3. The van der Waals surface area contributed by atoms with Gasteiger partial charge in [0.15, 0.2) is 6.61 Å². The Bertz CT molecular complexity index is 932. The van der Waals surface area contributed by atoms with Crippen LogP contribution in [0.25, 0.3) is 0 Å². The summed E-state index contributed by atoms with van der Waals surface area (Å²) in [6.45, 7) is 16.8. The van der Waals surface area contributed by atoms with Crippen LogP contribution in [0.4, 0.5) is 0 Å². The number of aliphatic hydroxyl groups excluding tert-OH is 1. The standard InChI is InChI=1S/C32H48O3/c1-8-19-35-28(34)32-16-11-22(20(2)3)27(32)24-9-10-26-29(5)14-13-25(33)21(4)23(29)12-15-31(26,7)30(24,6)17-18-32/h1,21-27,33H,2,9-19H2,3-7H3/t21-,22+,23+,24-,25+,26-,27-,29+,30-,31-,32+/m1/s1. The van der Waals surface area contributed by atoms with Gasteiger partial charge in [-0.15, -0.1) is 6.42 Å². The Kier molecular flexibility index (Phi) is 6.07. The second-order valence-electron chi connectivity index (χ2n) is 14.1. The van der Waals surface area contributed by atoms with Crippen molar-refractivity contribution < 1.29 is 14.6 Å². The monoisotopic (exact) mass is 480 g/mol. The Morgan fingerprint density at radius 1 is 1.00 bits per heavy atom. The number of terminal acetylenes is 1. The highest BCUT2D eigenvalue weighted by Crippen LogP contribution is 2.76. The molecule has 194 valence electrons. The third-order valence-electron chi connectivity index (χ3n) is 13.3. The highest BCUT2D eigenvalue weighted by Gasteiger charge is 2.71. The maximum Gasteiger partial charge on any atom is 0.313 e. The first kappa shape index (κ1) is 25.4. The Morgan fingerprint density at radius 3 is 2.43 bits per heavy atom. The fraction of sp³-hybridized carbons (Fsp3) is 0.844. The number of fused-ring (bicyclic) bond motifs is 7. The maximum absolute atomic E-state index is 13.6. The van der Waals surface area contributed by atoms with Gasteiger partial charge >= 0.3 is 5.97 Å². The van der Waals surface area contributed by atoms with E-state index in [1.54, 1.807) is 0 Å². The van der Waals surface area contributed by atoms with E-state index in [1.807, 2.05) is 0 Å². The fourth-order valence-electron chi connectivity index (χ4n) is 11.4. The van der Waals surface area contributed by atoms with Crippen molar-refractivity contribution in [3.05, 3.63) is 12.2 Å². The topological polar surface area (TPSA) is 46.5 Å². The van der Waals surface area contributed by atoms with Gasteiger partial charge in [-0.25, -0.2) is 0 Å². The van der Waals surface area contributed by atoms with Crippen LogP contribution >= 0.6 is 0 Å². The minimum Gasteiger partial charge on any atom is -0.452 e. The lowest BCUT2D eigenvalue weighted by Crippen LogP contribution is -2.66. The van der Waals surface area contributed by atoms with Gasteiger partial charge in [0, 0.05) is 0 Å². The molecule has 5 saturated carbocycles. The highest BCUT2D eigenvalue weighted by molar-refractivity contribution is 5.78. The lowest BCUT2D eigenvalue weighted by molar-refractivity contribution is -0.237. The largest absolute Gasteiger partial charge is 0.452 e. The van der Waals surface area contributed by atoms with Gasteiger partial charge in [0.2, 0.25) is 0 Å². The van der Waals surface area contributed by atoms with Crippen LogP contribution in [-0.4, -0.2) is 23.8 Å². The number of esters is 1. The Balaban J connectivity index is 1.53. The van der Waals surface area contributed by atoms with Crippen LogP contribution in [0.1, 0.15) is 98.8 Å². The molecule has 5 fully saturated rings. The van der Waals surface area contributed by atoms with E-state index in [0.717, 1.165) is 38.5 Å². The molecule has 3 nitrogen and oxygen atoms in total. The number of rotatable bonds is 3. The molecule has 0 aromatic heterocycles. The van der Waals surface area contributed by atoms with E-state index >= 15 is 0 Å². The van der Waals surface area contributed by atoms with Gasteiger partial charge in [0.1, 0.15) is 0 Å². The number of hydrogen-bond acceptors (Lipinski definition) is 3. The molecule has 0 spiro atoms. The Hall–Kier alpha value is -1.27. The SMILES string of the molecule is C#CCOC(=O)[C@]12CC[C@@H](C(=C)C)[C@@H]1[C@H]1CC[C@@H]3[C@@]4(C)CC[C@H](O)[C@H](C)[C@@H]4CC[C@@]3(C)[C@]1(C)CC2. The molecule has 5 aliphatic carbocycles. The molecule has 0 aliphatic heterocycles. The van der Waals surface area contributed by atoms with Crippen molar-refractivity contribution >= 4 is 5.97 Å². The molecule has 5 aliphatic rings. The van der Waals surface area contributed by atoms with E-state index in [0.29, 0.717) is 40.9 Å². The van der Waals surface area contributed by atoms with Crippen molar-refractivity contribution in [3.63, 3.8) is 0 Å². The minimum absolute atomic E-state index is 0.0377. The quantitative estimate of drug-likeness (QED) is 0.275. The van der Waals surface area contributed by atoms with Crippen LogP contribution < -0.4 is 0 Å². The maximum atomic E-state index is 13.6. The number of allylic oxidation sites excluding steroid dienone is 1. The zero-order chi connectivity index (χ0) is 25.4. The van der Waals surface area contributed by atoms with Crippen molar-refractivity contribution in [1.82, 2.24) is 0 Å². The van der Waals surface area contributed by atoms with Crippen molar-refractivity contribution in [2.45, 2.75) is 105 Å². The predicted molar refractivity (Wildman–Crippen MR) is 140 cm³/mol. The third kappa shape index (κ3) is 3.24. The van der Waals surface area contributed by atoms with Crippen molar-refractivity contribution in [1.29, 1.82) is 0 Å². The molecule has 0 unspecified atom stereocenters. The molecule has 0 aromatic carbocycles. The van der Waals surface area contributed by atoms with Gasteiger partial charge in [0.05, 0.1) is 11.5 Å². The smallest absolute Gasteiger partial charge is 0.313 e. The summed E-state index contributed by atoms with van der Waals surface area (Å²) < 4.78 is 5.69. The first-order chi connectivity index (χ1) is 16.5. The van der Waals surface area contributed by atoms with E-state index < -0.39 is 5.41 Å². The summed E-state index contributed by atoms with van der Waals surface area (Å²) in [5.74, 6) is 5.43. The lowest BCUT2D eigenvalue weighted by atomic mass is 9.33. The van der Waals surface area contributed by atoms with Crippen molar-refractivity contribution in [2.24, 2.45) is 57.2 Å². The number of carbonyl (C=O) groups is 1. The molecule has 1 N–H and O–H groups in total.